The average molecular weight is 353 g/mol. The highest BCUT2D eigenvalue weighted by Crippen LogP contribution is 2.23. The molecule has 1 saturated heterocycles. The Kier molecular flexibility index (Phi) is 5.95. The van der Waals surface area contributed by atoms with Gasteiger partial charge in [-0.25, -0.2) is 4.68 Å². The van der Waals surface area contributed by atoms with E-state index in [1.165, 1.54) is 4.68 Å². The van der Waals surface area contributed by atoms with Gasteiger partial charge in [-0.2, -0.15) is 10.1 Å². The normalized spacial score (nSPS) is 22.5. The highest BCUT2D eigenvalue weighted by molar-refractivity contribution is 5.96. The molecule has 1 aromatic rings. The van der Waals surface area contributed by atoms with Crippen LogP contribution < -0.4 is 10.6 Å². The van der Waals surface area contributed by atoms with Gasteiger partial charge in [-0.05, 0) is 12.8 Å². The molecule has 10 heteroatoms. The largest absolute Gasteiger partial charge is 0.382 e. The first-order valence-corrected chi connectivity index (χ1v) is 8.38. The van der Waals surface area contributed by atoms with Gasteiger partial charge in [0, 0.05) is 20.3 Å². The van der Waals surface area contributed by atoms with Crippen LogP contribution in [-0.2, 0) is 30.4 Å². The Bertz CT molecular complexity index is 613. The summed E-state index contributed by atoms with van der Waals surface area (Å²) in [7, 11) is 1.59. The number of aromatic nitrogens is 3. The third-order valence-corrected chi connectivity index (χ3v) is 4.09. The fourth-order valence-electron chi connectivity index (χ4n) is 2.82. The number of carbonyl (C=O) groups is 2. The second kappa shape index (κ2) is 8.37. The minimum Gasteiger partial charge on any atom is -0.382 e. The number of nitrogens with zero attached hydrogens (tertiary/aromatic N) is 3. The molecule has 0 bridgehead atoms. The van der Waals surface area contributed by atoms with Crippen molar-refractivity contribution in [2.75, 3.05) is 38.8 Å². The smallest absolute Gasteiger partial charge is 0.245 e. The van der Waals surface area contributed by atoms with Gasteiger partial charge in [0.05, 0.1) is 25.7 Å². The van der Waals surface area contributed by atoms with Crippen LogP contribution in [0.1, 0.15) is 31.1 Å². The number of fused-ring (bicyclic) bond motifs is 1. The zero-order valence-corrected chi connectivity index (χ0v) is 14.2. The second-order valence-corrected chi connectivity index (χ2v) is 5.99. The molecule has 2 N–H and O–H groups in total. The molecule has 2 unspecified atom stereocenters. The lowest BCUT2D eigenvalue weighted by molar-refractivity contribution is -0.129. The van der Waals surface area contributed by atoms with Gasteiger partial charge < -0.3 is 19.5 Å². The quantitative estimate of drug-likeness (QED) is 0.612. The van der Waals surface area contributed by atoms with Crippen LogP contribution in [0.25, 0.3) is 0 Å². The van der Waals surface area contributed by atoms with Gasteiger partial charge in [0.1, 0.15) is 12.6 Å². The molecule has 10 nitrogen and oxygen atoms in total. The van der Waals surface area contributed by atoms with Gasteiger partial charge in [0.15, 0.2) is 5.82 Å². The summed E-state index contributed by atoms with van der Waals surface area (Å²) in [5.74, 6) is 0.149. The van der Waals surface area contributed by atoms with E-state index in [1.54, 1.807) is 7.11 Å². The first kappa shape index (κ1) is 17.8. The van der Waals surface area contributed by atoms with Crippen LogP contribution in [0.5, 0.6) is 0 Å². The highest BCUT2D eigenvalue weighted by atomic mass is 16.5. The summed E-state index contributed by atoms with van der Waals surface area (Å²) in [5.41, 5.74) is 0. The number of carbonyl (C=O) groups excluding carboxylic acids is 2. The lowest BCUT2D eigenvalue weighted by Gasteiger charge is -2.23. The molecule has 0 radical (unpaired) electrons. The molecule has 0 aromatic carbocycles. The molecular formula is C15H23N5O5. The molecule has 0 spiro atoms. The number of anilines is 1. The van der Waals surface area contributed by atoms with Crippen molar-refractivity contribution in [3.8, 4) is 0 Å². The topological polar surface area (TPSA) is 117 Å². The number of rotatable bonds is 8. The van der Waals surface area contributed by atoms with Crippen molar-refractivity contribution in [2.24, 2.45) is 0 Å². The van der Waals surface area contributed by atoms with Crippen molar-refractivity contribution in [1.29, 1.82) is 0 Å². The predicted octanol–water partition coefficient (Wildman–Crippen LogP) is -0.380. The van der Waals surface area contributed by atoms with E-state index >= 15 is 0 Å². The van der Waals surface area contributed by atoms with E-state index in [1.807, 2.05) is 0 Å². The van der Waals surface area contributed by atoms with Crippen LogP contribution in [0.15, 0.2) is 0 Å². The molecular weight excluding hydrogens is 330 g/mol. The highest BCUT2D eigenvalue weighted by Gasteiger charge is 2.33. The zero-order chi connectivity index (χ0) is 17.6. The van der Waals surface area contributed by atoms with Crippen LogP contribution in [0.3, 0.4) is 0 Å². The summed E-state index contributed by atoms with van der Waals surface area (Å²) >= 11 is 0. The number of methoxy groups -OCH3 is 1. The Morgan fingerprint density at radius 1 is 1.48 bits per heavy atom. The van der Waals surface area contributed by atoms with Crippen LogP contribution in [0.2, 0.25) is 0 Å². The van der Waals surface area contributed by atoms with Crippen molar-refractivity contribution in [2.45, 2.75) is 38.0 Å². The van der Waals surface area contributed by atoms with Crippen molar-refractivity contribution < 1.29 is 23.8 Å². The van der Waals surface area contributed by atoms with E-state index in [0.29, 0.717) is 25.6 Å². The summed E-state index contributed by atoms with van der Waals surface area (Å²) in [6.45, 7) is 2.24. The first-order chi connectivity index (χ1) is 12.2. The lowest BCUT2D eigenvalue weighted by atomic mass is 10.1. The van der Waals surface area contributed by atoms with Crippen molar-refractivity contribution in [3.63, 3.8) is 0 Å². The number of nitrogens with one attached hydrogen (secondary N) is 2. The Hall–Kier alpha value is -2.04. The van der Waals surface area contributed by atoms with E-state index in [0.717, 1.165) is 19.4 Å². The number of hydrogen-bond acceptors (Lipinski definition) is 7. The molecule has 0 saturated carbocycles. The average Bonchev–Trinajstić information content (AvgIpc) is 3.25. The molecule has 2 aliphatic rings. The van der Waals surface area contributed by atoms with Gasteiger partial charge >= 0.3 is 0 Å². The molecule has 138 valence electrons. The molecule has 1 aromatic heterocycles. The van der Waals surface area contributed by atoms with Gasteiger partial charge in [-0.15, -0.1) is 0 Å². The van der Waals surface area contributed by atoms with Crippen molar-refractivity contribution >= 4 is 17.8 Å². The number of ether oxygens (including phenoxy) is 3. The maximum atomic E-state index is 12.5. The summed E-state index contributed by atoms with van der Waals surface area (Å²) in [6.07, 6.45) is 2.01. The Morgan fingerprint density at radius 2 is 2.36 bits per heavy atom. The fraction of sp³-hybridized carbons (Fsp3) is 0.733. The summed E-state index contributed by atoms with van der Waals surface area (Å²) in [4.78, 5) is 28.6. The molecule has 0 aliphatic carbocycles. The standard InChI is InChI=1S/C15H23N5O5/c1-23-5-6-24-9-12-17-15-18-13(21)7-11(20(15)19-12)14(22)16-8-10-3-2-4-25-10/h10-11H,2-9H2,1H3,(H,16,22)(H,17,18,19,21). The number of amides is 2. The molecule has 25 heavy (non-hydrogen) atoms. The summed E-state index contributed by atoms with van der Waals surface area (Å²) in [6, 6.07) is -0.717. The maximum absolute atomic E-state index is 12.5. The van der Waals surface area contributed by atoms with Crippen molar-refractivity contribution in [1.82, 2.24) is 20.1 Å². The van der Waals surface area contributed by atoms with Crippen LogP contribution in [0.4, 0.5) is 5.95 Å². The van der Waals surface area contributed by atoms with Crippen molar-refractivity contribution in [3.05, 3.63) is 5.82 Å². The summed E-state index contributed by atoms with van der Waals surface area (Å²) in [5, 5.41) is 9.77. The van der Waals surface area contributed by atoms with E-state index in [-0.39, 0.29) is 36.9 Å². The first-order valence-electron chi connectivity index (χ1n) is 8.38. The minimum atomic E-state index is -0.717. The third kappa shape index (κ3) is 4.53. The van der Waals surface area contributed by atoms with Crippen LogP contribution in [0, 0.1) is 0 Å². The fourth-order valence-corrected chi connectivity index (χ4v) is 2.82. The molecule has 2 amide bonds. The van der Waals surface area contributed by atoms with Gasteiger partial charge in [-0.3, -0.25) is 14.9 Å². The maximum Gasteiger partial charge on any atom is 0.245 e. The monoisotopic (exact) mass is 353 g/mol. The molecule has 1 fully saturated rings. The van der Waals surface area contributed by atoms with Gasteiger partial charge in [-0.1, -0.05) is 0 Å². The van der Waals surface area contributed by atoms with Crippen LogP contribution in [-0.4, -0.2) is 66.2 Å². The van der Waals surface area contributed by atoms with E-state index in [9.17, 15) is 9.59 Å². The zero-order valence-electron chi connectivity index (χ0n) is 14.2. The Balaban J connectivity index is 1.61. The molecule has 3 heterocycles. The predicted molar refractivity (Wildman–Crippen MR) is 85.8 cm³/mol. The number of hydrogen-bond donors (Lipinski definition) is 2. The van der Waals surface area contributed by atoms with Gasteiger partial charge in [0.25, 0.3) is 0 Å². The second-order valence-electron chi connectivity index (χ2n) is 5.99. The SMILES string of the molecule is COCCOCc1nc2n(n1)C(C(=O)NCC1CCCO1)CC(=O)N2. The minimum absolute atomic E-state index is 0.0255. The van der Waals surface area contributed by atoms with Gasteiger partial charge in [0.2, 0.25) is 17.8 Å². The molecule has 2 atom stereocenters. The van der Waals surface area contributed by atoms with E-state index in [2.05, 4.69) is 20.7 Å². The van der Waals surface area contributed by atoms with Crippen LogP contribution >= 0.6 is 0 Å². The van der Waals surface area contributed by atoms with E-state index in [4.69, 9.17) is 14.2 Å². The Morgan fingerprint density at radius 3 is 3.12 bits per heavy atom. The molecule has 3 rings (SSSR count). The lowest BCUT2D eigenvalue weighted by Crippen LogP contribution is -2.41. The summed E-state index contributed by atoms with van der Waals surface area (Å²) < 4.78 is 17.2. The van der Waals surface area contributed by atoms with E-state index < -0.39 is 6.04 Å². The Labute approximate surface area is 145 Å². The third-order valence-electron chi connectivity index (χ3n) is 4.09. The molecule has 2 aliphatic heterocycles.